The maximum atomic E-state index is 5.99. The van der Waals surface area contributed by atoms with Crippen molar-refractivity contribution in [2.24, 2.45) is 0 Å². The van der Waals surface area contributed by atoms with Crippen molar-refractivity contribution in [1.82, 2.24) is 19.7 Å². The molecular formula is C13H14N6S. The van der Waals surface area contributed by atoms with Gasteiger partial charge in [-0.15, -0.1) is 5.10 Å². The first-order chi connectivity index (χ1) is 9.81. The van der Waals surface area contributed by atoms with Gasteiger partial charge in [0, 0.05) is 13.1 Å². The van der Waals surface area contributed by atoms with Crippen LogP contribution < -0.4 is 10.6 Å². The molecule has 2 N–H and O–H groups in total. The number of para-hydroxylation sites is 1. The van der Waals surface area contributed by atoms with Crippen LogP contribution in [-0.4, -0.2) is 32.8 Å². The monoisotopic (exact) mass is 286 g/mol. The molecule has 4 rings (SSSR count). The van der Waals surface area contributed by atoms with Gasteiger partial charge in [0.1, 0.15) is 0 Å². The van der Waals surface area contributed by atoms with Crippen LogP contribution in [0.2, 0.25) is 0 Å². The Balaban J connectivity index is 1.77. The molecule has 1 aromatic carbocycles. The fourth-order valence-corrected chi connectivity index (χ4v) is 3.38. The fraction of sp³-hybridized carbons (Fsp3) is 0.308. The maximum Gasteiger partial charge on any atom is 0.247 e. The average Bonchev–Trinajstić information content (AvgIpc) is 3.16. The third-order valence-electron chi connectivity index (χ3n) is 3.47. The van der Waals surface area contributed by atoms with Gasteiger partial charge < -0.3 is 10.6 Å². The highest BCUT2D eigenvalue weighted by Gasteiger charge is 2.19. The second-order valence-electron chi connectivity index (χ2n) is 4.84. The molecule has 102 valence electrons. The molecule has 6 nitrogen and oxygen atoms in total. The van der Waals surface area contributed by atoms with Crippen LogP contribution in [0.4, 0.5) is 11.9 Å². The van der Waals surface area contributed by atoms with Gasteiger partial charge in [0.05, 0.1) is 10.2 Å². The van der Waals surface area contributed by atoms with Crippen molar-refractivity contribution in [2.45, 2.75) is 12.8 Å². The molecule has 1 aliphatic rings. The minimum absolute atomic E-state index is 0.394. The van der Waals surface area contributed by atoms with E-state index in [1.165, 1.54) is 12.8 Å². The fourth-order valence-electron chi connectivity index (χ4n) is 2.46. The van der Waals surface area contributed by atoms with E-state index in [9.17, 15) is 0 Å². The molecule has 0 amide bonds. The molecule has 0 unspecified atom stereocenters. The SMILES string of the molecule is Nc1nc(N2CCCC2)nn1-c1nc2ccccc2s1. The Labute approximate surface area is 119 Å². The molecular weight excluding hydrogens is 272 g/mol. The molecule has 2 aromatic heterocycles. The molecule has 7 heteroatoms. The molecule has 3 aromatic rings. The zero-order chi connectivity index (χ0) is 13.5. The van der Waals surface area contributed by atoms with E-state index in [0.29, 0.717) is 11.9 Å². The Hall–Kier alpha value is -2.15. The highest BCUT2D eigenvalue weighted by atomic mass is 32.1. The Bertz CT molecular complexity index is 722. The second kappa shape index (κ2) is 4.45. The number of hydrogen-bond donors (Lipinski definition) is 1. The van der Waals surface area contributed by atoms with E-state index in [-0.39, 0.29) is 0 Å². The first kappa shape index (κ1) is 11.7. The summed E-state index contributed by atoms with van der Waals surface area (Å²) in [5, 5.41) is 5.28. The molecule has 1 fully saturated rings. The summed E-state index contributed by atoms with van der Waals surface area (Å²) < 4.78 is 2.76. The van der Waals surface area contributed by atoms with Crippen molar-refractivity contribution in [3.8, 4) is 5.13 Å². The predicted octanol–water partition coefficient (Wildman–Crippen LogP) is 2.06. The lowest BCUT2D eigenvalue weighted by Gasteiger charge is -2.10. The Morgan fingerprint density at radius 3 is 2.70 bits per heavy atom. The second-order valence-corrected chi connectivity index (χ2v) is 5.85. The summed E-state index contributed by atoms with van der Waals surface area (Å²) in [5.74, 6) is 1.10. The van der Waals surface area contributed by atoms with Crippen LogP contribution >= 0.6 is 11.3 Å². The van der Waals surface area contributed by atoms with Crippen LogP contribution in [-0.2, 0) is 0 Å². The lowest BCUT2D eigenvalue weighted by atomic mass is 10.3. The van der Waals surface area contributed by atoms with E-state index < -0.39 is 0 Å². The largest absolute Gasteiger partial charge is 0.368 e. The van der Waals surface area contributed by atoms with Crippen LogP contribution in [0.15, 0.2) is 24.3 Å². The smallest absolute Gasteiger partial charge is 0.247 e. The zero-order valence-corrected chi connectivity index (χ0v) is 11.7. The molecule has 0 aliphatic carbocycles. The van der Waals surface area contributed by atoms with Crippen molar-refractivity contribution in [1.29, 1.82) is 0 Å². The maximum absolute atomic E-state index is 5.99. The summed E-state index contributed by atoms with van der Waals surface area (Å²) in [6.07, 6.45) is 2.38. The van der Waals surface area contributed by atoms with E-state index in [0.717, 1.165) is 28.4 Å². The molecule has 0 radical (unpaired) electrons. The summed E-state index contributed by atoms with van der Waals surface area (Å²) in [4.78, 5) is 11.1. The van der Waals surface area contributed by atoms with E-state index in [2.05, 4.69) is 20.0 Å². The number of nitrogen functional groups attached to an aromatic ring is 1. The van der Waals surface area contributed by atoms with Crippen LogP contribution in [0, 0.1) is 0 Å². The number of nitrogens with two attached hydrogens (primary N) is 1. The average molecular weight is 286 g/mol. The predicted molar refractivity (Wildman–Crippen MR) is 80.4 cm³/mol. The minimum Gasteiger partial charge on any atom is -0.368 e. The molecule has 3 heterocycles. The number of benzene rings is 1. The first-order valence-electron chi connectivity index (χ1n) is 6.65. The molecule has 0 atom stereocenters. The topological polar surface area (TPSA) is 72.9 Å². The molecule has 0 spiro atoms. The van der Waals surface area contributed by atoms with Crippen LogP contribution in [0.3, 0.4) is 0 Å². The lowest BCUT2D eigenvalue weighted by Crippen LogP contribution is -2.19. The minimum atomic E-state index is 0.394. The van der Waals surface area contributed by atoms with Crippen molar-refractivity contribution < 1.29 is 0 Å². The highest BCUT2D eigenvalue weighted by molar-refractivity contribution is 7.20. The van der Waals surface area contributed by atoms with Crippen LogP contribution in [0.1, 0.15) is 12.8 Å². The van der Waals surface area contributed by atoms with Gasteiger partial charge in [-0.25, -0.2) is 4.98 Å². The Morgan fingerprint density at radius 2 is 1.90 bits per heavy atom. The van der Waals surface area contributed by atoms with Crippen molar-refractivity contribution in [2.75, 3.05) is 23.7 Å². The van der Waals surface area contributed by atoms with E-state index >= 15 is 0 Å². The number of aromatic nitrogens is 4. The number of fused-ring (bicyclic) bond motifs is 1. The summed E-state index contributed by atoms with van der Waals surface area (Å²) in [7, 11) is 0. The normalized spacial score (nSPS) is 15.3. The number of rotatable bonds is 2. The molecule has 20 heavy (non-hydrogen) atoms. The van der Waals surface area contributed by atoms with Gasteiger partial charge in [0.15, 0.2) is 0 Å². The molecule has 1 saturated heterocycles. The van der Waals surface area contributed by atoms with Gasteiger partial charge in [-0.3, -0.25) is 0 Å². The summed E-state index contributed by atoms with van der Waals surface area (Å²) in [6.45, 7) is 2.01. The summed E-state index contributed by atoms with van der Waals surface area (Å²) >= 11 is 1.57. The Kier molecular flexibility index (Phi) is 2.59. The van der Waals surface area contributed by atoms with E-state index in [1.807, 2.05) is 24.3 Å². The number of thiazole rings is 1. The van der Waals surface area contributed by atoms with Crippen molar-refractivity contribution in [3.05, 3.63) is 24.3 Å². The van der Waals surface area contributed by atoms with Gasteiger partial charge in [0.25, 0.3) is 0 Å². The third kappa shape index (κ3) is 1.82. The first-order valence-corrected chi connectivity index (χ1v) is 7.46. The molecule has 0 bridgehead atoms. The summed E-state index contributed by atoms with van der Waals surface area (Å²) in [5.41, 5.74) is 6.96. The molecule has 1 aliphatic heterocycles. The van der Waals surface area contributed by atoms with E-state index in [1.54, 1.807) is 16.0 Å². The quantitative estimate of drug-likeness (QED) is 0.780. The van der Waals surface area contributed by atoms with Crippen molar-refractivity contribution in [3.63, 3.8) is 0 Å². The Morgan fingerprint density at radius 1 is 1.10 bits per heavy atom. The third-order valence-corrected chi connectivity index (χ3v) is 4.49. The van der Waals surface area contributed by atoms with Gasteiger partial charge in [-0.05, 0) is 25.0 Å². The number of hydrogen-bond acceptors (Lipinski definition) is 6. The lowest BCUT2D eigenvalue weighted by molar-refractivity contribution is 0.843. The highest BCUT2D eigenvalue weighted by Crippen LogP contribution is 2.27. The number of nitrogens with zero attached hydrogens (tertiary/aromatic N) is 5. The van der Waals surface area contributed by atoms with Gasteiger partial charge in [-0.2, -0.15) is 9.67 Å². The summed E-state index contributed by atoms with van der Waals surface area (Å²) in [6, 6.07) is 8.02. The van der Waals surface area contributed by atoms with Crippen LogP contribution in [0.5, 0.6) is 0 Å². The number of anilines is 2. The van der Waals surface area contributed by atoms with E-state index in [4.69, 9.17) is 5.73 Å². The van der Waals surface area contributed by atoms with Gasteiger partial charge in [0.2, 0.25) is 17.0 Å². The van der Waals surface area contributed by atoms with Gasteiger partial charge in [-0.1, -0.05) is 23.5 Å². The standard InChI is InChI=1S/C13H14N6S/c14-11-16-12(18-7-3-4-8-18)17-19(11)13-15-9-5-1-2-6-10(9)20-13/h1-2,5-6H,3-4,7-8H2,(H2,14,16,17). The van der Waals surface area contributed by atoms with Gasteiger partial charge >= 0.3 is 0 Å². The molecule has 0 saturated carbocycles. The van der Waals surface area contributed by atoms with Crippen LogP contribution in [0.25, 0.3) is 15.3 Å². The zero-order valence-electron chi connectivity index (χ0n) is 10.9. The van der Waals surface area contributed by atoms with Crippen molar-refractivity contribution >= 4 is 33.5 Å².